The highest BCUT2D eigenvalue weighted by Crippen LogP contribution is 2.28. The van der Waals surface area contributed by atoms with Gasteiger partial charge >= 0.3 is 0 Å². The summed E-state index contributed by atoms with van der Waals surface area (Å²) >= 11 is 0. The Morgan fingerprint density at radius 1 is 1.40 bits per heavy atom. The van der Waals surface area contributed by atoms with Crippen LogP contribution in [0.1, 0.15) is 32.5 Å². The van der Waals surface area contributed by atoms with Crippen LogP contribution in [0, 0.1) is 12.8 Å². The molecular formula is C14H21N5O. The lowest BCUT2D eigenvalue weighted by molar-refractivity contribution is -0.0699. The molecule has 0 amide bonds. The predicted molar refractivity (Wildman–Crippen MR) is 76.8 cm³/mol. The standard InChI is InChI=1S/C14H21N5O/c1-10-16-17-13-5-4-12(18-19(10)13)15-9-11-6-7-20-14(2,3)8-11/h4-5,11H,6-9H2,1-3H3,(H,15,18). The average molecular weight is 275 g/mol. The molecular weight excluding hydrogens is 254 g/mol. The molecule has 0 radical (unpaired) electrons. The Balaban J connectivity index is 1.66. The summed E-state index contributed by atoms with van der Waals surface area (Å²) in [6.07, 6.45) is 2.18. The van der Waals surface area contributed by atoms with Crippen molar-refractivity contribution in [1.29, 1.82) is 0 Å². The highest BCUT2D eigenvalue weighted by Gasteiger charge is 2.28. The topological polar surface area (TPSA) is 64.3 Å². The second-order valence-corrected chi connectivity index (χ2v) is 6.08. The molecule has 0 spiro atoms. The van der Waals surface area contributed by atoms with Gasteiger partial charge in [0, 0.05) is 13.2 Å². The summed E-state index contributed by atoms with van der Waals surface area (Å²) in [4.78, 5) is 0. The van der Waals surface area contributed by atoms with Crippen LogP contribution in [-0.4, -0.2) is 38.6 Å². The van der Waals surface area contributed by atoms with E-state index in [1.807, 2.05) is 19.1 Å². The average Bonchev–Trinajstić information content (AvgIpc) is 2.77. The molecule has 0 aliphatic carbocycles. The molecule has 0 bridgehead atoms. The van der Waals surface area contributed by atoms with Gasteiger partial charge in [-0.05, 0) is 51.7 Å². The molecule has 1 aliphatic rings. The van der Waals surface area contributed by atoms with E-state index in [2.05, 4.69) is 34.5 Å². The van der Waals surface area contributed by atoms with Gasteiger partial charge in [-0.1, -0.05) is 0 Å². The second-order valence-electron chi connectivity index (χ2n) is 6.08. The number of aromatic nitrogens is 4. The zero-order chi connectivity index (χ0) is 14.2. The first-order valence-electron chi connectivity index (χ1n) is 7.10. The maximum absolute atomic E-state index is 5.75. The van der Waals surface area contributed by atoms with Gasteiger partial charge < -0.3 is 10.1 Å². The Labute approximate surface area is 118 Å². The predicted octanol–water partition coefficient (Wildman–Crippen LogP) is 2.05. The summed E-state index contributed by atoms with van der Waals surface area (Å²) in [5, 5.41) is 16.0. The second kappa shape index (κ2) is 5.01. The quantitative estimate of drug-likeness (QED) is 0.928. The minimum atomic E-state index is -0.00711. The van der Waals surface area contributed by atoms with Crippen molar-refractivity contribution in [2.24, 2.45) is 5.92 Å². The molecule has 1 aliphatic heterocycles. The van der Waals surface area contributed by atoms with Crippen LogP contribution >= 0.6 is 0 Å². The van der Waals surface area contributed by atoms with Gasteiger partial charge in [-0.15, -0.1) is 15.3 Å². The van der Waals surface area contributed by atoms with E-state index in [9.17, 15) is 0 Å². The maximum Gasteiger partial charge on any atom is 0.178 e. The fourth-order valence-electron chi connectivity index (χ4n) is 2.77. The number of hydrogen-bond donors (Lipinski definition) is 1. The van der Waals surface area contributed by atoms with E-state index >= 15 is 0 Å². The van der Waals surface area contributed by atoms with Crippen molar-refractivity contribution in [3.05, 3.63) is 18.0 Å². The lowest BCUT2D eigenvalue weighted by atomic mass is 9.88. The van der Waals surface area contributed by atoms with Crippen LogP contribution in [0.25, 0.3) is 5.65 Å². The molecule has 108 valence electrons. The third kappa shape index (κ3) is 2.75. The summed E-state index contributed by atoms with van der Waals surface area (Å²) in [6, 6.07) is 3.89. The number of hydrogen-bond acceptors (Lipinski definition) is 5. The molecule has 2 aromatic heterocycles. The summed E-state index contributed by atoms with van der Waals surface area (Å²) in [5.74, 6) is 2.29. The van der Waals surface area contributed by atoms with Crippen molar-refractivity contribution in [2.45, 2.75) is 39.2 Å². The number of rotatable bonds is 3. The molecule has 6 nitrogen and oxygen atoms in total. The Morgan fingerprint density at radius 2 is 2.25 bits per heavy atom. The Bertz CT molecular complexity index is 607. The van der Waals surface area contributed by atoms with Crippen molar-refractivity contribution in [1.82, 2.24) is 19.8 Å². The zero-order valence-electron chi connectivity index (χ0n) is 12.3. The van der Waals surface area contributed by atoms with E-state index in [4.69, 9.17) is 4.74 Å². The minimum absolute atomic E-state index is 0.00711. The zero-order valence-corrected chi connectivity index (χ0v) is 12.3. The molecule has 20 heavy (non-hydrogen) atoms. The van der Waals surface area contributed by atoms with Crippen LogP contribution < -0.4 is 5.32 Å². The van der Waals surface area contributed by atoms with Crippen molar-refractivity contribution >= 4 is 11.5 Å². The first-order valence-corrected chi connectivity index (χ1v) is 7.10. The minimum Gasteiger partial charge on any atom is -0.376 e. The van der Waals surface area contributed by atoms with Crippen molar-refractivity contribution < 1.29 is 4.74 Å². The molecule has 1 atom stereocenters. The van der Waals surface area contributed by atoms with E-state index in [-0.39, 0.29) is 5.60 Å². The van der Waals surface area contributed by atoms with Gasteiger partial charge in [0.1, 0.15) is 5.82 Å². The van der Waals surface area contributed by atoms with Gasteiger partial charge in [0.25, 0.3) is 0 Å². The third-order valence-corrected chi connectivity index (χ3v) is 3.79. The van der Waals surface area contributed by atoms with Gasteiger partial charge in [-0.2, -0.15) is 4.52 Å². The molecule has 1 saturated heterocycles. The number of fused-ring (bicyclic) bond motifs is 1. The summed E-state index contributed by atoms with van der Waals surface area (Å²) in [6.45, 7) is 7.98. The molecule has 0 aromatic carbocycles. The lowest BCUT2D eigenvalue weighted by Crippen LogP contribution is -2.36. The molecule has 3 heterocycles. The first kappa shape index (κ1) is 13.3. The van der Waals surface area contributed by atoms with Crippen LogP contribution in [0.15, 0.2) is 12.1 Å². The van der Waals surface area contributed by atoms with Crippen LogP contribution in [0.5, 0.6) is 0 Å². The van der Waals surface area contributed by atoms with Gasteiger partial charge in [0.05, 0.1) is 5.60 Å². The normalized spacial score (nSPS) is 22.1. The molecule has 1 N–H and O–H groups in total. The number of ether oxygens (including phenoxy) is 1. The summed E-state index contributed by atoms with van der Waals surface area (Å²) in [5.41, 5.74) is 0.771. The SMILES string of the molecule is Cc1nnc2ccc(NCC3CCOC(C)(C)C3)nn12. The van der Waals surface area contributed by atoms with E-state index in [0.29, 0.717) is 5.92 Å². The number of nitrogens with zero attached hydrogens (tertiary/aromatic N) is 4. The Hall–Kier alpha value is -1.69. The maximum atomic E-state index is 5.75. The van der Waals surface area contributed by atoms with Crippen molar-refractivity contribution in [3.8, 4) is 0 Å². The van der Waals surface area contributed by atoms with Gasteiger partial charge in [-0.25, -0.2) is 0 Å². The molecule has 2 aromatic rings. The molecule has 0 saturated carbocycles. The molecule has 1 unspecified atom stereocenters. The first-order chi connectivity index (χ1) is 9.53. The number of nitrogens with one attached hydrogen (secondary N) is 1. The summed E-state index contributed by atoms with van der Waals surface area (Å²) in [7, 11) is 0. The number of aryl methyl sites for hydroxylation is 1. The number of anilines is 1. The lowest BCUT2D eigenvalue weighted by Gasteiger charge is -2.35. The highest BCUT2D eigenvalue weighted by atomic mass is 16.5. The van der Waals surface area contributed by atoms with Gasteiger partial charge in [0.15, 0.2) is 11.5 Å². The molecule has 6 heteroatoms. The smallest absolute Gasteiger partial charge is 0.178 e. The fraction of sp³-hybridized carbons (Fsp3) is 0.643. The van der Waals surface area contributed by atoms with Gasteiger partial charge in [-0.3, -0.25) is 0 Å². The van der Waals surface area contributed by atoms with Crippen molar-refractivity contribution in [2.75, 3.05) is 18.5 Å². The monoisotopic (exact) mass is 275 g/mol. The van der Waals surface area contributed by atoms with E-state index < -0.39 is 0 Å². The van der Waals surface area contributed by atoms with Crippen LogP contribution in [0.2, 0.25) is 0 Å². The Morgan fingerprint density at radius 3 is 3.05 bits per heavy atom. The van der Waals surface area contributed by atoms with E-state index in [1.165, 1.54) is 0 Å². The van der Waals surface area contributed by atoms with E-state index in [1.54, 1.807) is 4.52 Å². The summed E-state index contributed by atoms with van der Waals surface area (Å²) < 4.78 is 7.51. The van der Waals surface area contributed by atoms with E-state index in [0.717, 1.165) is 43.3 Å². The van der Waals surface area contributed by atoms with Crippen molar-refractivity contribution in [3.63, 3.8) is 0 Å². The van der Waals surface area contributed by atoms with Gasteiger partial charge in [0.2, 0.25) is 0 Å². The van der Waals surface area contributed by atoms with Crippen LogP contribution in [0.4, 0.5) is 5.82 Å². The third-order valence-electron chi connectivity index (χ3n) is 3.79. The van der Waals surface area contributed by atoms with Crippen LogP contribution in [0.3, 0.4) is 0 Å². The molecule has 1 fully saturated rings. The highest BCUT2D eigenvalue weighted by molar-refractivity contribution is 5.43. The largest absolute Gasteiger partial charge is 0.376 e. The Kier molecular flexibility index (Phi) is 3.33. The van der Waals surface area contributed by atoms with Crippen LogP contribution in [-0.2, 0) is 4.74 Å². The fourth-order valence-corrected chi connectivity index (χ4v) is 2.77. The molecule has 3 rings (SSSR count).